The summed E-state index contributed by atoms with van der Waals surface area (Å²) in [5.41, 5.74) is 0.583. The van der Waals surface area contributed by atoms with Gasteiger partial charge in [-0.2, -0.15) is 0 Å². The van der Waals surface area contributed by atoms with Crippen LogP contribution in [0.2, 0.25) is 0 Å². The van der Waals surface area contributed by atoms with Crippen LogP contribution in [0.25, 0.3) is 0 Å². The average molecular weight is 124 g/mol. The van der Waals surface area contributed by atoms with Gasteiger partial charge in [0.2, 0.25) is 0 Å². The van der Waals surface area contributed by atoms with E-state index in [0.29, 0.717) is 5.54 Å². The van der Waals surface area contributed by atoms with Crippen LogP contribution in [0.3, 0.4) is 0 Å². The molecular formula is C8H14N. The molecule has 0 aromatic heterocycles. The molecule has 1 N–H and O–H groups in total. The Kier molecular flexibility index (Phi) is 1.26. The monoisotopic (exact) mass is 124 g/mol. The van der Waals surface area contributed by atoms with Crippen molar-refractivity contribution in [1.82, 2.24) is 5.32 Å². The molecule has 1 nitrogen and oxygen atoms in total. The van der Waals surface area contributed by atoms with Crippen molar-refractivity contribution in [2.24, 2.45) is 0 Å². The Labute approximate surface area is 56.8 Å². The van der Waals surface area contributed by atoms with Crippen molar-refractivity contribution in [3.05, 3.63) is 6.42 Å². The van der Waals surface area contributed by atoms with Gasteiger partial charge in [0.15, 0.2) is 0 Å². The molecule has 0 aromatic rings. The molecule has 0 bridgehead atoms. The Bertz CT molecular complexity index is 79.6. The van der Waals surface area contributed by atoms with E-state index in [1.54, 1.807) is 0 Å². The smallest absolute Gasteiger partial charge is 0.0184 e. The quantitative estimate of drug-likeness (QED) is 0.516. The highest BCUT2D eigenvalue weighted by Gasteiger charge is 2.35. The number of nitrogens with one attached hydrogen (secondary N) is 1. The molecule has 2 fully saturated rings. The van der Waals surface area contributed by atoms with Gasteiger partial charge in [0.05, 0.1) is 0 Å². The fourth-order valence-electron chi connectivity index (χ4n) is 2.14. The Morgan fingerprint density at radius 3 is 2.56 bits per heavy atom. The van der Waals surface area contributed by atoms with Gasteiger partial charge in [0.1, 0.15) is 0 Å². The highest BCUT2D eigenvalue weighted by atomic mass is 15.0. The second kappa shape index (κ2) is 1.98. The van der Waals surface area contributed by atoms with Crippen molar-refractivity contribution >= 4 is 0 Å². The molecule has 1 aliphatic carbocycles. The zero-order chi connectivity index (χ0) is 6.16. The van der Waals surface area contributed by atoms with E-state index in [9.17, 15) is 0 Å². The van der Waals surface area contributed by atoms with Crippen LogP contribution in [0.5, 0.6) is 0 Å². The Balaban J connectivity index is 2.04. The van der Waals surface area contributed by atoms with Crippen molar-refractivity contribution in [2.75, 3.05) is 6.54 Å². The second-order valence-corrected chi connectivity index (χ2v) is 3.36. The van der Waals surface area contributed by atoms with Crippen LogP contribution in [0.1, 0.15) is 32.1 Å². The van der Waals surface area contributed by atoms with Crippen molar-refractivity contribution in [2.45, 2.75) is 37.6 Å². The molecular weight excluding hydrogens is 110 g/mol. The predicted molar refractivity (Wildman–Crippen MR) is 38.1 cm³/mol. The van der Waals surface area contributed by atoms with Gasteiger partial charge in [-0.15, -0.1) is 0 Å². The van der Waals surface area contributed by atoms with Crippen molar-refractivity contribution < 1.29 is 0 Å². The molecule has 0 amide bonds. The number of hydrogen-bond acceptors (Lipinski definition) is 1. The van der Waals surface area contributed by atoms with E-state index in [-0.39, 0.29) is 0 Å². The van der Waals surface area contributed by atoms with Crippen LogP contribution in [-0.2, 0) is 0 Å². The summed E-state index contributed by atoms with van der Waals surface area (Å²) in [6.07, 6.45) is 9.44. The topological polar surface area (TPSA) is 12.0 Å². The van der Waals surface area contributed by atoms with Gasteiger partial charge in [0, 0.05) is 5.54 Å². The van der Waals surface area contributed by atoms with E-state index in [4.69, 9.17) is 0 Å². The summed E-state index contributed by atoms with van der Waals surface area (Å²) in [5, 5.41) is 3.58. The molecule has 0 unspecified atom stereocenters. The molecule has 51 valence electrons. The van der Waals surface area contributed by atoms with E-state index in [1.807, 2.05) is 0 Å². The third-order valence-electron chi connectivity index (χ3n) is 2.72. The summed E-state index contributed by atoms with van der Waals surface area (Å²) in [4.78, 5) is 0. The second-order valence-electron chi connectivity index (χ2n) is 3.36. The van der Waals surface area contributed by atoms with Crippen LogP contribution in [0.15, 0.2) is 0 Å². The number of hydrogen-bond donors (Lipinski definition) is 1. The third-order valence-corrected chi connectivity index (χ3v) is 2.72. The van der Waals surface area contributed by atoms with E-state index in [2.05, 4.69) is 11.7 Å². The molecule has 1 saturated heterocycles. The molecule has 9 heavy (non-hydrogen) atoms. The summed E-state index contributed by atoms with van der Waals surface area (Å²) in [6, 6.07) is 0. The minimum Gasteiger partial charge on any atom is -0.311 e. The maximum Gasteiger partial charge on any atom is 0.0184 e. The van der Waals surface area contributed by atoms with Crippen molar-refractivity contribution in [1.29, 1.82) is 0 Å². The summed E-state index contributed by atoms with van der Waals surface area (Å²) < 4.78 is 0. The van der Waals surface area contributed by atoms with Gasteiger partial charge in [0.25, 0.3) is 0 Å². The third kappa shape index (κ3) is 0.877. The molecule has 1 heterocycles. The lowest BCUT2D eigenvalue weighted by Crippen LogP contribution is -2.35. The molecule has 1 aliphatic heterocycles. The molecule has 2 aliphatic rings. The van der Waals surface area contributed by atoms with Gasteiger partial charge in [-0.1, -0.05) is 12.8 Å². The average Bonchev–Trinajstić information content (AvgIpc) is 2.45. The highest BCUT2D eigenvalue weighted by molar-refractivity contribution is 5.02. The van der Waals surface area contributed by atoms with Gasteiger partial charge in [-0.25, -0.2) is 0 Å². The standard InChI is InChI=1S/C8H14N/c1-2-5-8(4-1)6-3-7-9-8/h3,9H,1-2,4-7H2. The Morgan fingerprint density at radius 2 is 2.00 bits per heavy atom. The Morgan fingerprint density at radius 1 is 1.22 bits per heavy atom. The first-order valence-electron chi connectivity index (χ1n) is 3.98. The lowest BCUT2D eigenvalue weighted by molar-refractivity contribution is 0.392. The lowest BCUT2D eigenvalue weighted by atomic mass is 9.96. The van der Waals surface area contributed by atoms with Gasteiger partial charge >= 0.3 is 0 Å². The number of rotatable bonds is 0. The van der Waals surface area contributed by atoms with E-state index >= 15 is 0 Å². The van der Waals surface area contributed by atoms with Crippen LogP contribution in [-0.4, -0.2) is 12.1 Å². The highest BCUT2D eigenvalue weighted by Crippen LogP contribution is 2.35. The summed E-state index contributed by atoms with van der Waals surface area (Å²) in [7, 11) is 0. The first kappa shape index (κ1) is 5.72. The van der Waals surface area contributed by atoms with Gasteiger partial charge < -0.3 is 5.32 Å². The summed E-state index contributed by atoms with van der Waals surface area (Å²) in [6.45, 7) is 1.15. The van der Waals surface area contributed by atoms with Gasteiger partial charge in [-0.05, 0) is 32.2 Å². The van der Waals surface area contributed by atoms with E-state index < -0.39 is 0 Å². The lowest BCUT2D eigenvalue weighted by Gasteiger charge is -2.22. The fourth-order valence-corrected chi connectivity index (χ4v) is 2.14. The van der Waals surface area contributed by atoms with Crippen molar-refractivity contribution in [3.8, 4) is 0 Å². The minimum atomic E-state index is 0.583. The Hall–Kier alpha value is -0.0400. The zero-order valence-electron chi connectivity index (χ0n) is 5.82. The minimum absolute atomic E-state index is 0.583. The normalized spacial score (nSPS) is 32.0. The molecule has 1 heteroatoms. The van der Waals surface area contributed by atoms with E-state index in [1.165, 1.54) is 32.1 Å². The molecule has 1 radical (unpaired) electrons. The largest absolute Gasteiger partial charge is 0.311 e. The maximum absolute atomic E-state index is 3.58. The predicted octanol–water partition coefficient (Wildman–Crippen LogP) is 1.50. The first-order chi connectivity index (χ1) is 4.41. The first-order valence-corrected chi connectivity index (χ1v) is 3.98. The van der Waals surface area contributed by atoms with Crippen LogP contribution < -0.4 is 5.32 Å². The SMILES string of the molecule is [CH]1CNC2(C1)CCCC2. The van der Waals surface area contributed by atoms with Crippen molar-refractivity contribution in [3.63, 3.8) is 0 Å². The van der Waals surface area contributed by atoms with E-state index in [0.717, 1.165) is 6.54 Å². The molecule has 0 aromatic carbocycles. The molecule has 2 rings (SSSR count). The van der Waals surface area contributed by atoms with Gasteiger partial charge in [-0.3, -0.25) is 0 Å². The summed E-state index contributed by atoms with van der Waals surface area (Å²) in [5.74, 6) is 0. The van der Waals surface area contributed by atoms with Crippen LogP contribution in [0, 0.1) is 6.42 Å². The zero-order valence-corrected chi connectivity index (χ0v) is 5.82. The maximum atomic E-state index is 3.58. The molecule has 1 saturated carbocycles. The van der Waals surface area contributed by atoms with Crippen LogP contribution in [0.4, 0.5) is 0 Å². The molecule has 0 atom stereocenters. The fraction of sp³-hybridized carbons (Fsp3) is 0.875. The molecule has 1 spiro atoms. The van der Waals surface area contributed by atoms with Crippen LogP contribution >= 0.6 is 0 Å². The summed E-state index contributed by atoms with van der Waals surface area (Å²) >= 11 is 0.